The lowest BCUT2D eigenvalue weighted by Crippen LogP contribution is -2.44. The molecular formula is C13H18N2O4. The minimum Gasteiger partial charge on any atom is -0.396 e. The fourth-order valence-corrected chi connectivity index (χ4v) is 1.68. The summed E-state index contributed by atoms with van der Waals surface area (Å²) in [5, 5.41) is 22.2. The molecule has 0 saturated carbocycles. The summed E-state index contributed by atoms with van der Waals surface area (Å²) in [5.74, 6) is -0.174. The first-order chi connectivity index (χ1) is 8.84. The van der Waals surface area contributed by atoms with Crippen LogP contribution < -0.4 is 5.32 Å². The van der Waals surface area contributed by atoms with Crippen molar-refractivity contribution >= 4 is 11.6 Å². The molecule has 6 heteroatoms. The molecule has 0 radical (unpaired) electrons. The number of nitrogens with one attached hydrogen (secondary N) is 1. The number of nitrogens with zero attached hydrogens (tertiary/aromatic N) is 1. The predicted molar refractivity (Wildman–Crippen MR) is 70.7 cm³/mol. The van der Waals surface area contributed by atoms with Gasteiger partial charge < -0.3 is 10.4 Å². The second-order valence-electron chi connectivity index (χ2n) is 5.01. The summed E-state index contributed by atoms with van der Waals surface area (Å²) >= 11 is 0. The Morgan fingerprint density at radius 1 is 1.37 bits per heavy atom. The van der Waals surface area contributed by atoms with E-state index in [-0.39, 0.29) is 24.6 Å². The van der Waals surface area contributed by atoms with E-state index in [2.05, 4.69) is 5.32 Å². The Bertz CT molecular complexity index is 454. The maximum absolute atomic E-state index is 11.8. The molecule has 0 aliphatic heterocycles. The van der Waals surface area contributed by atoms with Crippen LogP contribution in [0.4, 0.5) is 5.69 Å². The van der Waals surface area contributed by atoms with Gasteiger partial charge in [0.25, 0.3) is 5.69 Å². The van der Waals surface area contributed by atoms with Crippen LogP contribution in [0.5, 0.6) is 0 Å². The molecule has 0 spiro atoms. The van der Waals surface area contributed by atoms with Crippen molar-refractivity contribution in [3.8, 4) is 0 Å². The lowest BCUT2D eigenvalue weighted by Gasteiger charge is -2.25. The summed E-state index contributed by atoms with van der Waals surface area (Å²) in [6.45, 7) is 3.67. The van der Waals surface area contributed by atoms with Crippen molar-refractivity contribution < 1.29 is 14.8 Å². The zero-order valence-electron chi connectivity index (χ0n) is 11.0. The minimum absolute atomic E-state index is 0.00442. The van der Waals surface area contributed by atoms with Crippen LogP contribution in [0.2, 0.25) is 0 Å². The highest BCUT2D eigenvalue weighted by atomic mass is 16.6. The highest BCUT2D eigenvalue weighted by molar-refractivity contribution is 5.79. The van der Waals surface area contributed by atoms with E-state index in [1.54, 1.807) is 12.1 Å². The Morgan fingerprint density at radius 2 is 1.95 bits per heavy atom. The number of carbonyl (C=O) groups excluding carboxylic acids is 1. The van der Waals surface area contributed by atoms with Crippen molar-refractivity contribution in [3.05, 3.63) is 39.9 Å². The summed E-state index contributed by atoms with van der Waals surface area (Å²) in [7, 11) is 0. The molecule has 0 aromatic heterocycles. The van der Waals surface area contributed by atoms with Crippen molar-refractivity contribution in [2.24, 2.45) is 0 Å². The van der Waals surface area contributed by atoms with Crippen LogP contribution in [0, 0.1) is 10.1 Å². The molecule has 2 N–H and O–H groups in total. The summed E-state index contributed by atoms with van der Waals surface area (Å²) in [6, 6.07) is 5.89. The van der Waals surface area contributed by atoms with Crippen LogP contribution in [0.15, 0.2) is 24.3 Å². The molecule has 0 saturated heterocycles. The second-order valence-corrected chi connectivity index (χ2v) is 5.01. The third-order valence-corrected chi connectivity index (χ3v) is 2.73. The number of nitro groups is 1. The molecule has 0 fully saturated rings. The van der Waals surface area contributed by atoms with Gasteiger partial charge >= 0.3 is 0 Å². The molecule has 0 heterocycles. The van der Waals surface area contributed by atoms with Crippen LogP contribution in [-0.2, 0) is 11.2 Å². The van der Waals surface area contributed by atoms with Crippen LogP contribution in [-0.4, -0.2) is 28.1 Å². The zero-order valence-corrected chi connectivity index (χ0v) is 11.0. The summed E-state index contributed by atoms with van der Waals surface area (Å²) in [6.07, 6.45) is 0.631. The quantitative estimate of drug-likeness (QED) is 0.601. The lowest BCUT2D eigenvalue weighted by atomic mass is 10.0. The maximum atomic E-state index is 11.8. The van der Waals surface area contributed by atoms with E-state index >= 15 is 0 Å². The van der Waals surface area contributed by atoms with Gasteiger partial charge in [-0.1, -0.05) is 12.1 Å². The number of carbonyl (C=O) groups is 1. The van der Waals surface area contributed by atoms with E-state index in [1.807, 2.05) is 13.8 Å². The monoisotopic (exact) mass is 266 g/mol. The molecule has 0 atom stereocenters. The molecule has 0 aliphatic rings. The summed E-state index contributed by atoms with van der Waals surface area (Å²) in [4.78, 5) is 21.8. The van der Waals surface area contributed by atoms with Gasteiger partial charge in [-0.3, -0.25) is 14.9 Å². The zero-order chi connectivity index (χ0) is 14.5. The van der Waals surface area contributed by atoms with Gasteiger partial charge in [0.2, 0.25) is 5.91 Å². The first-order valence-corrected chi connectivity index (χ1v) is 5.99. The number of aliphatic hydroxyl groups excluding tert-OH is 1. The van der Waals surface area contributed by atoms with Gasteiger partial charge in [-0.05, 0) is 25.8 Å². The standard InChI is InChI=1S/C13H18N2O4/c1-13(2,7-8-16)14-12(17)9-10-3-5-11(6-4-10)15(18)19/h3-6,16H,7-9H2,1-2H3,(H,14,17). The Kier molecular flexibility index (Phi) is 5.00. The van der Waals surface area contributed by atoms with E-state index < -0.39 is 10.5 Å². The van der Waals surface area contributed by atoms with Gasteiger partial charge in [-0.25, -0.2) is 0 Å². The smallest absolute Gasteiger partial charge is 0.269 e. The highest BCUT2D eigenvalue weighted by Gasteiger charge is 2.19. The van der Waals surface area contributed by atoms with Crippen LogP contribution >= 0.6 is 0 Å². The van der Waals surface area contributed by atoms with Gasteiger partial charge in [0.15, 0.2) is 0 Å². The van der Waals surface area contributed by atoms with Crippen molar-refractivity contribution in [1.82, 2.24) is 5.32 Å². The number of rotatable bonds is 6. The lowest BCUT2D eigenvalue weighted by molar-refractivity contribution is -0.384. The number of nitro benzene ring substituents is 1. The van der Waals surface area contributed by atoms with Crippen molar-refractivity contribution in [1.29, 1.82) is 0 Å². The largest absolute Gasteiger partial charge is 0.396 e. The van der Waals surface area contributed by atoms with Crippen LogP contribution in [0.1, 0.15) is 25.8 Å². The summed E-state index contributed by atoms with van der Waals surface area (Å²) in [5.41, 5.74) is 0.250. The van der Waals surface area contributed by atoms with Gasteiger partial charge in [-0.2, -0.15) is 0 Å². The third-order valence-electron chi connectivity index (χ3n) is 2.73. The number of aliphatic hydroxyl groups is 1. The molecule has 19 heavy (non-hydrogen) atoms. The number of hydrogen-bond acceptors (Lipinski definition) is 4. The molecule has 1 aromatic rings. The SMILES string of the molecule is CC(C)(CCO)NC(=O)Cc1ccc([N+](=O)[O-])cc1. The van der Waals surface area contributed by atoms with Gasteiger partial charge in [0, 0.05) is 24.3 Å². The normalized spacial score (nSPS) is 11.1. The Hall–Kier alpha value is -1.95. The number of hydrogen-bond donors (Lipinski definition) is 2. The molecular weight excluding hydrogens is 248 g/mol. The molecule has 0 aliphatic carbocycles. The summed E-state index contributed by atoms with van der Waals surface area (Å²) < 4.78 is 0. The number of benzene rings is 1. The van der Waals surface area contributed by atoms with Crippen LogP contribution in [0.25, 0.3) is 0 Å². The van der Waals surface area contributed by atoms with E-state index in [9.17, 15) is 14.9 Å². The molecule has 104 valence electrons. The third kappa shape index (κ3) is 5.05. The van der Waals surface area contributed by atoms with E-state index in [1.165, 1.54) is 12.1 Å². The van der Waals surface area contributed by atoms with E-state index in [0.29, 0.717) is 12.0 Å². The molecule has 0 bridgehead atoms. The van der Waals surface area contributed by atoms with Crippen LogP contribution in [0.3, 0.4) is 0 Å². The molecule has 1 amide bonds. The Labute approximate surface area is 111 Å². The Balaban J connectivity index is 2.59. The number of amides is 1. The van der Waals surface area contributed by atoms with E-state index in [4.69, 9.17) is 5.11 Å². The van der Waals surface area contributed by atoms with Crippen molar-refractivity contribution in [3.63, 3.8) is 0 Å². The van der Waals surface area contributed by atoms with Crippen molar-refractivity contribution in [2.45, 2.75) is 32.2 Å². The minimum atomic E-state index is -0.478. The Morgan fingerprint density at radius 3 is 2.42 bits per heavy atom. The van der Waals surface area contributed by atoms with E-state index in [0.717, 1.165) is 0 Å². The number of non-ortho nitro benzene ring substituents is 1. The van der Waals surface area contributed by atoms with Crippen molar-refractivity contribution in [2.75, 3.05) is 6.61 Å². The average molecular weight is 266 g/mol. The average Bonchev–Trinajstić information content (AvgIpc) is 2.28. The van der Waals surface area contributed by atoms with Gasteiger partial charge in [0.05, 0.1) is 11.3 Å². The predicted octanol–water partition coefficient (Wildman–Crippen LogP) is 1.41. The fraction of sp³-hybridized carbons (Fsp3) is 0.462. The van der Waals surface area contributed by atoms with Gasteiger partial charge in [-0.15, -0.1) is 0 Å². The second kappa shape index (κ2) is 6.29. The van der Waals surface area contributed by atoms with Gasteiger partial charge in [0.1, 0.15) is 0 Å². The highest BCUT2D eigenvalue weighted by Crippen LogP contribution is 2.13. The molecule has 6 nitrogen and oxygen atoms in total. The first kappa shape index (κ1) is 15.1. The maximum Gasteiger partial charge on any atom is 0.269 e. The topological polar surface area (TPSA) is 92.5 Å². The molecule has 1 rings (SSSR count). The first-order valence-electron chi connectivity index (χ1n) is 5.99. The fourth-order valence-electron chi connectivity index (χ4n) is 1.68. The molecule has 0 unspecified atom stereocenters. The molecule has 1 aromatic carbocycles.